The fourth-order valence-corrected chi connectivity index (χ4v) is 18.6. The number of hydrogen-bond acceptors (Lipinski definition) is 2. The van der Waals surface area contributed by atoms with Gasteiger partial charge in [-0.1, -0.05) is 303 Å². The first-order chi connectivity index (χ1) is 50.1. The van der Waals surface area contributed by atoms with Crippen molar-refractivity contribution < 1.29 is 4.42 Å². The molecule has 0 atom stereocenters. The second-order valence-corrected chi connectivity index (χ2v) is 28.3. The van der Waals surface area contributed by atoms with Crippen LogP contribution in [0.1, 0.15) is 0 Å². The van der Waals surface area contributed by atoms with Crippen LogP contribution in [0.4, 0.5) is 0 Å². The van der Waals surface area contributed by atoms with Gasteiger partial charge in [-0.05, 0) is 183 Å². The molecule has 2 nitrogen and oxygen atoms in total. The molecule has 0 amide bonds. The van der Waals surface area contributed by atoms with E-state index in [1.807, 2.05) is 11.3 Å². The van der Waals surface area contributed by atoms with E-state index in [2.05, 4.69) is 350 Å². The van der Waals surface area contributed by atoms with Crippen molar-refractivity contribution in [3.63, 3.8) is 0 Å². The molecule has 466 valence electrons. The topological polar surface area (TPSA) is 18.1 Å². The molecule has 21 aromatic carbocycles. The molecule has 0 bridgehead atoms. The monoisotopic (exact) mass is 1300 g/mol. The quantitative estimate of drug-likeness (QED) is 0.161. The third-order valence-corrected chi connectivity index (χ3v) is 23.1. The van der Waals surface area contributed by atoms with Gasteiger partial charge in [0.2, 0.25) is 0 Å². The first-order valence-corrected chi connectivity index (χ1v) is 35.7. The minimum absolute atomic E-state index is 0.933. The molecule has 3 aromatic heterocycles. The molecule has 0 aliphatic rings. The van der Waals surface area contributed by atoms with E-state index in [0.717, 1.165) is 11.2 Å². The lowest BCUT2D eigenvalue weighted by molar-refractivity contribution is 0.671. The molecule has 0 unspecified atom stereocenters. The lowest BCUT2D eigenvalue weighted by Gasteiger charge is -2.16. The third kappa shape index (κ3) is 8.39. The van der Waals surface area contributed by atoms with Crippen molar-refractivity contribution in [3.05, 3.63) is 346 Å². The molecule has 24 rings (SSSR count). The molecule has 101 heavy (non-hydrogen) atoms. The average molecular weight is 1300 g/mol. The van der Waals surface area contributed by atoms with Crippen molar-refractivity contribution in [1.29, 1.82) is 0 Å². The maximum Gasteiger partial charge on any atom is 0.143 e. The lowest BCUT2D eigenvalue weighted by atomic mass is 9.87. The fourth-order valence-electron chi connectivity index (χ4n) is 17.5. The second-order valence-electron chi connectivity index (χ2n) is 27.2. The molecule has 0 saturated heterocycles. The highest BCUT2D eigenvalue weighted by Gasteiger charge is 2.23. The van der Waals surface area contributed by atoms with E-state index in [0.29, 0.717) is 0 Å². The summed E-state index contributed by atoms with van der Waals surface area (Å²) in [6, 6.07) is 126. The summed E-state index contributed by atoms with van der Waals surface area (Å²) in [7, 11) is 0. The van der Waals surface area contributed by atoms with Gasteiger partial charge in [-0.25, -0.2) is 0 Å². The predicted molar refractivity (Wildman–Crippen MR) is 436 cm³/mol. The van der Waals surface area contributed by atoms with Gasteiger partial charge in [-0.2, -0.15) is 0 Å². The molecule has 24 aromatic rings. The first-order valence-electron chi connectivity index (χ1n) is 34.9. The Morgan fingerprint density at radius 1 is 0.228 bits per heavy atom. The number of aromatic nitrogens is 1. The number of para-hydroxylation sites is 3. The number of hydrogen-bond donors (Lipinski definition) is 0. The van der Waals surface area contributed by atoms with Crippen LogP contribution in [0, 0.1) is 0 Å². The summed E-state index contributed by atoms with van der Waals surface area (Å²) in [6.07, 6.45) is 0. The summed E-state index contributed by atoms with van der Waals surface area (Å²) in [5, 5.41) is 36.3. The zero-order chi connectivity index (χ0) is 66.0. The summed E-state index contributed by atoms with van der Waals surface area (Å²) < 4.78 is 11.9. The van der Waals surface area contributed by atoms with Crippen LogP contribution in [0.15, 0.2) is 350 Å². The van der Waals surface area contributed by atoms with Crippen LogP contribution >= 0.6 is 11.3 Å². The van der Waals surface area contributed by atoms with Crippen LogP contribution < -0.4 is 0 Å². The van der Waals surface area contributed by atoms with E-state index in [-0.39, 0.29) is 0 Å². The van der Waals surface area contributed by atoms with Gasteiger partial charge in [0.25, 0.3) is 0 Å². The van der Waals surface area contributed by atoms with Gasteiger partial charge in [0, 0.05) is 58.5 Å². The van der Waals surface area contributed by atoms with Gasteiger partial charge in [-0.3, -0.25) is 0 Å². The Morgan fingerprint density at radius 3 is 1.33 bits per heavy atom. The maximum absolute atomic E-state index is 6.74. The highest BCUT2D eigenvalue weighted by Crippen LogP contribution is 2.49. The smallest absolute Gasteiger partial charge is 0.143 e. The number of furan rings is 1. The van der Waals surface area contributed by atoms with Crippen molar-refractivity contribution in [2.24, 2.45) is 0 Å². The van der Waals surface area contributed by atoms with Crippen LogP contribution in [0.2, 0.25) is 0 Å². The van der Waals surface area contributed by atoms with Crippen LogP contribution in [-0.4, -0.2) is 4.57 Å². The number of rotatable bonds is 4. The minimum Gasteiger partial charge on any atom is -0.455 e. The normalized spacial score (nSPS) is 12.2. The third-order valence-electron chi connectivity index (χ3n) is 21.9. The van der Waals surface area contributed by atoms with E-state index >= 15 is 0 Å². The molecular weight excluding hydrogens is 1240 g/mol. The van der Waals surface area contributed by atoms with Gasteiger partial charge in [-0.15, -0.1) is 11.3 Å². The Bertz CT molecular complexity index is 7470. The molecule has 0 spiro atoms. The van der Waals surface area contributed by atoms with E-state index in [1.54, 1.807) is 0 Å². The predicted octanol–water partition coefficient (Wildman–Crippen LogP) is 28.4. The maximum atomic E-state index is 6.74. The van der Waals surface area contributed by atoms with Crippen LogP contribution in [-0.2, 0) is 0 Å². The zero-order valence-corrected chi connectivity index (χ0v) is 55.5. The molecule has 0 aliphatic heterocycles. The summed E-state index contributed by atoms with van der Waals surface area (Å²) in [5.41, 5.74) is 13.1. The highest BCUT2D eigenvalue weighted by atomic mass is 32.1. The molecule has 0 saturated carbocycles. The molecule has 3 heteroatoms. The number of thiophene rings is 1. The summed E-state index contributed by atoms with van der Waals surface area (Å²) >= 11 is 1.88. The van der Waals surface area contributed by atoms with Gasteiger partial charge in [0.15, 0.2) is 0 Å². The Kier molecular flexibility index (Phi) is 12.1. The largest absolute Gasteiger partial charge is 0.455 e. The van der Waals surface area contributed by atoms with Crippen molar-refractivity contribution in [2.75, 3.05) is 0 Å². The number of benzene rings is 21. The SMILES string of the molecule is c1cc2ccc3ccc(-c4ccc5c(c4)sc4ccccc45)c4ccc(c1)c2c34.c1ccc(-n2c3ccccc3c3cccc(-c4ccc5ccc6cccc7ccc4c5c67)c32)cc1.c1ccc2c(-c3ccc4ccc5cccc6ccc3c4c56)c3oc4ccc5ccccc5c4c3cc2c1. The highest BCUT2D eigenvalue weighted by molar-refractivity contribution is 7.25. The van der Waals surface area contributed by atoms with Gasteiger partial charge in [0.1, 0.15) is 11.2 Å². The van der Waals surface area contributed by atoms with E-state index in [9.17, 15) is 0 Å². The number of fused-ring (bicyclic) bond motifs is 12. The van der Waals surface area contributed by atoms with Gasteiger partial charge >= 0.3 is 0 Å². The average Bonchev–Trinajstić information content (AvgIpc) is 1.59. The first kappa shape index (κ1) is 56.1. The molecule has 3 heterocycles. The van der Waals surface area contributed by atoms with Crippen molar-refractivity contribution in [1.82, 2.24) is 4.57 Å². The van der Waals surface area contributed by atoms with E-state index in [1.165, 1.54) is 210 Å². The van der Waals surface area contributed by atoms with Gasteiger partial charge < -0.3 is 8.98 Å². The molecule has 0 fully saturated rings. The summed E-state index contributed by atoms with van der Waals surface area (Å²) in [5.74, 6) is 0. The molecular formula is C98H57NOS. The van der Waals surface area contributed by atoms with E-state index < -0.39 is 0 Å². The molecule has 0 radical (unpaired) electrons. The standard InChI is InChI=1S/C36H20O.C34H21N.C28H16S/c1-3-10-26-21(6-1)16-19-31-34(26)30-20-25-7-2-4-11-27(25)35(36(30)37-31)29-18-15-24-13-12-22-8-5-9-23-14-17-28(29)33(24)32(22)23;1-2-10-25(11-3-1)35-31-15-5-4-12-27(31)30-14-7-13-29(34(30)35)26-20-18-24-17-16-22-8-6-9-23-19-21-28(26)33(24)32(22)23;1-2-7-25-22(6-1)23-14-12-20(16-26(23)29-25)21-13-10-19-9-8-17-4-3-5-18-11-15-24(21)28(19)27(17)18/h1-20H;1-21H;1-16H. The summed E-state index contributed by atoms with van der Waals surface area (Å²) in [4.78, 5) is 0. The van der Waals surface area contributed by atoms with Crippen LogP contribution in [0.5, 0.6) is 0 Å². The Hall–Kier alpha value is -12.9. The zero-order valence-electron chi connectivity index (χ0n) is 54.7. The van der Waals surface area contributed by atoms with Crippen molar-refractivity contribution in [2.45, 2.75) is 0 Å². The second kappa shape index (κ2) is 21.8. The van der Waals surface area contributed by atoms with Crippen molar-refractivity contribution >= 4 is 194 Å². The lowest BCUT2D eigenvalue weighted by Crippen LogP contribution is -1.95. The number of nitrogens with zero attached hydrogens (tertiary/aromatic N) is 1. The van der Waals surface area contributed by atoms with Crippen LogP contribution in [0.3, 0.4) is 0 Å². The molecule has 0 aliphatic carbocycles. The van der Waals surface area contributed by atoms with Crippen LogP contribution in [0.25, 0.3) is 221 Å². The fraction of sp³-hybridized carbons (Fsp3) is 0. The van der Waals surface area contributed by atoms with Gasteiger partial charge in [0.05, 0.1) is 11.0 Å². The Morgan fingerprint density at radius 2 is 0.673 bits per heavy atom. The van der Waals surface area contributed by atoms with E-state index in [4.69, 9.17) is 4.42 Å². The Balaban J connectivity index is 0.0000000968. The minimum atomic E-state index is 0.933. The Labute approximate surface area is 583 Å². The summed E-state index contributed by atoms with van der Waals surface area (Å²) in [6.45, 7) is 0. The van der Waals surface area contributed by atoms with Crippen molar-refractivity contribution in [3.8, 4) is 39.1 Å². The molecule has 0 N–H and O–H groups in total.